The van der Waals surface area contributed by atoms with Gasteiger partial charge in [0.15, 0.2) is 0 Å². The molecule has 0 radical (unpaired) electrons. The molecule has 0 amide bonds. The van der Waals surface area contributed by atoms with Crippen molar-refractivity contribution in [2.75, 3.05) is 26.2 Å². The van der Waals surface area contributed by atoms with E-state index in [9.17, 15) is 4.39 Å². The Labute approximate surface area is 128 Å². The summed E-state index contributed by atoms with van der Waals surface area (Å²) in [5.74, 6) is 0.550. The van der Waals surface area contributed by atoms with Gasteiger partial charge in [-0.15, -0.1) is 0 Å². The van der Waals surface area contributed by atoms with Crippen molar-refractivity contribution in [2.45, 2.75) is 31.7 Å². The Kier molecular flexibility index (Phi) is 4.74. The molecule has 3 rings (SSSR count). The lowest BCUT2D eigenvalue weighted by Crippen LogP contribution is -2.46. The van der Waals surface area contributed by atoms with Crippen LogP contribution in [-0.2, 0) is 0 Å². The number of piperazine rings is 1. The summed E-state index contributed by atoms with van der Waals surface area (Å²) in [5.41, 5.74) is 1.14. The summed E-state index contributed by atoms with van der Waals surface area (Å²) in [6.45, 7) is 4.21. The minimum Gasteiger partial charge on any atom is -0.314 e. The lowest BCUT2D eigenvalue weighted by Gasteiger charge is -2.38. The minimum absolute atomic E-state index is 0.132. The molecule has 1 heterocycles. The van der Waals surface area contributed by atoms with Gasteiger partial charge in [0.25, 0.3) is 0 Å². The average molecular weight is 341 g/mol. The maximum absolute atomic E-state index is 13.8. The molecule has 1 saturated carbocycles. The van der Waals surface area contributed by atoms with Crippen LogP contribution >= 0.6 is 15.9 Å². The molecule has 1 aliphatic carbocycles. The third-order valence-electron chi connectivity index (χ3n) is 4.62. The van der Waals surface area contributed by atoms with Crippen molar-refractivity contribution < 1.29 is 4.39 Å². The van der Waals surface area contributed by atoms with E-state index >= 15 is 0 Å². The van der Waals surface area contributed by atoms with E-state index in [1.54, 1.807) is 12.1 Å². The molecule has 1 atom stereocenters. The molecule has 0 bridgehead atoms. The van der Waals surface area contributed by atoms with Crippen LogP contribution in [0, 0.1) is 11.7 Å². The molecule has 2 aliphatic rings. The lowest BCUT2D eigenvalue weighted by atomic mass is 9.89. The Hall–Kier alpha value is -0.450. The number of rotatable bonds is 3. The Morgan fingerprint density at radius 2 is 1.85 bits per heavy atom. The van der Waals surface area contributed by atoms with Crippen molar-refractivity contribution in [1.29, 1.82) is 0 Å². The van der Waals surface area contributed by atoms with Crippen LogP contribution in [-0.4, -0.2) is 31.1 Å². The predicted molar refractivity (Wildman–Crippen MR) is 83.2 cm³/mol. The van der Waals surface area contributed by atoms with Crippen LogP contribution in [0.4, 0.5) is 4.39 Å². The van der Waals surface area contributed by atoms with Gasteiger partial charge < -0.3 is 5.32 Å². The molecule has 4 heteroatoms. The standard InChI is InChI=1S/C16H22BrFN2/c17-14-9-13(10-15(18)11-14)16(12-3-1-2-4-12)20-7-5-19-6-8-20/h9-12,16,19H,1-8H2/t16-/m0/s1. The van der Waals surface area contributed by atoms with Crippen LogP contribution in [0.25, 0.3) is 0 Å². The monoisotopic (exact) mass is 340 g/mol. The highest BCUT2D eigenvalue weighted by Crippen LogP contribution is 2.40. The first-order valence-corrected chi connectivity index (χ1v) is 8.44. The SMILES string of the molecule is Fc1cc(Br)cc([C@H](C2CCCC2)N2CCNCC2)c1. The zero-order chi connectivity index (χ0) is 13.9. The Bertz CT molecular complexity index is 434. The van der Waals surface area contributed by atoms with Gasteiger partial charge in [0, 0.05) is 36.7 Å². The molecule has 1 saturated heterocycles. The van der Waals surface area contributed by atoms with Gasteiger partial charge >= 0.3 is 0 Å². The molecule has 1 aliphatic heterocycles. The van der Waals surface area contributed by atoms with Gasteiger partial charge in [-0.2, -0.15) is 0 Å². The van der Waals surface area contributed by atoms with Crippen molar-refractivity contribution in [3.63, 3.8) is 0 Å². The second-order valence-electron chi connectivity index (χ2n) is 5.98. The normalized spacial score (nSPS) is 23.1. The fourth-order valence-electron chi connectivity index (χ4n) is 3.76. The third kappa shape index (κ3) is 3.23. The summed E-state index contributed by atoms with van der Waals surface area (Å²) in [6, 6.07) is 5.77. The van der Waals surface area contributed by atoms with E-state index in [1.807, 2.05) is 0 Å². The van der Waals surface area contributed by atoms with Crippen molar-refractivity contribution in [1.82, 2.24) is 10.2 Å². The molecule has 2 fully saturated rings. The summed E-state index contributed by atoms with van der Waals surface area (Å²) < 4.78 is 14.6. The largest absolute Gasteiger partial charge is 0.314 e. The van der Waals surface area contributed by atoms with E-state index < -0.39 is 0 Å². The number of nitrogens with zero attached hydrogens (tertiary/aromatic N) is 1. The van der Waals surface area contributed by atoms with Gasteiger partial charge in [0.1, 0.15) is 5.82 Å². The van der Waals surface area contributed by atoms with E-state index in [1.165, 1.54) is 25.7 Å². The first kappa shape index (κ1) is 14.5. The van der Waals surface area contributed by atoms with Gasteiger partial charge in [-0.1, -0.05) is 28.8 Å². The van der Waals surface area contributed by atoms with Gasteiger partial charge in [0.05, 0.1) is 0 Å². The van der Waals surface area contributed by atoms with Gasteiger partial charge in [0.2, 0.25) is 0 Å². The topological polar surface area (TPSA) is 15.3 Å². The summed E-state index contributed by atoms with van der Waals surface area (Å²) in [7, 11) is 0. The fraction of sp³-hybridized carbons (Fsp3) is 0.625. The quantitative estimate of drug-likeness (QED) is 0.901. The summed E-state index contributed by atoms with van der Waals surface area (Å²) in [4.78, 5) is 2.55. The summed E-state index contributed by atoms with van der Waals surface area (Å²) in [6.07, 6.45) is 5.21. The van der Waals surface area contributed by atoms with E-state index in [0.717, 1.165) is 36.2 Å². The van der Waals surface area contributed by atoms with E-state index in [0.29, 0.717) is 12.0 Å². The third-order valence-corrected chi connectivity index (χ3v) is 5.08. The average Bonchev–Trinajstić information content (AvgIpc) is 2.93. The highest BCUT2D eigenvalue weighted by atomic mass is 79.9. The predicted octanol–water partition coefficient (Wildman–Crippen LogP) is 3.72. The molecule has 1 aromatic carbocycles. The first-order valence-electron chi connectivity index (χ1n) is 7.65. The van der Waals surface area contributed by atoms with Gasteiger partial charge in [-0.05, 0) is 42.5 Å². The second-order valence-corrected chi connectivity index (χ2v) is 6.89. The van der Waals surface area contributed by atoms with Gasteiger partial charge in [-0.3, -0.25) is 4.90 Å². The molecule has 1 aromatic rings. The smallest absolute Gasteiger partial charge is 0.124 e. The van der Waals surface area contributed by atoms with Crippen LogP contribution in [0.2, 0.25) is 0 Å². The minimum atomic E-state index is -0.132. The Morgan fingerprint density at radius 3 is 2.50 bits per heavy atom. The van der Waals surface area contributed by atoms with Gasteiger partial charge in [-0.25, -0.2) is 4.39 Å². The van der Waals surface area contributed by atoms with Crippen LogP contribution < -0.4 is 5.32 Å². The zero-order valence-corrected chi connectivity index (χ0v) is 13.3. The fourth-order valence-corrected chi connectivity index (χ4v) is 4.24. The molecule has 2 nitrogen and oxygen atoms in total. The highest BCUT2D eigenvalue weighted by molar-refractivity contribution is 9.10. The maximum Gasteiger partial charge on any atom is 0.124 e. The second kappa shape index (κ2) is 6.54. The van der Waals surface area contributed by atoms with Crippen LogP contribution in [0.1, 0.15) is 37.3 Å². The van der Waals surface area contributed by atoms with Crippen LogP contribution in [0.15, 0.2) is 22.7 Å². The molecule has 0 unspecified atom stereocenters. The van der Waals surface area contributed by atoms with E-state index in [4.69, 9.17) is 0 Å². The number of hydrogen-bond acceptors (Lipinski definition) is 2. The maximum atomic E-state index is 13.8. The van der Waals surface area contributed by atoms with E-state index in [-0.39, 0.29) is 5.82 Å². The summed E-state index contributed by atoms with van der Waals surface area (Å²) in [5, 5.41) is 3.41. The number of halogens is 2. The number of nitrogens with one attached hydrogen (secondary N) is 1. The molecule has 110 valence electrons. The van der Waals surface area contributed by atoms with Crippen molar-refractivity contribution in [2.24, 2.45) is 5.92 Å². The van der Waals surface area contributed by atoms with Crippen LogP contribution in [0.3, 0.4) is 0 Å². The van der Waals surface area contributed by atoms with Crippen molar-refractivity contribution in [3.8, 4) is 0 Å². The Morgan fingerprint density at radius 1 is 1.15 bits per heavy atom. The van der Waals surface area contributed by atoms with E-state index in [2.05, 4.69) is 32.2 Å². The first-order chi connectivity index (χ1) is 9.74. The molecule has 20 heavy (non-hydrogen) atoms. The lowest BCUT2D eigenvalue weighted by molar-refractivity contribution is 0.125. The summed E-state index contributed by atoms with van der Waals surface area (Å²) >= 11 is 3.44. The van der Waals surface area contributed by atoms with Crippen molar-refractivity contribution in [3.05, 3.63) is 34.1 Å². The Balaban J connectivity index is 1.90. The molecule has 0 spiro atoms. The molecule has 1 N–H and O–H groups in total. The number of benzene rings is 1. The molecular formula is C16H22BrFN2. The van der Waals surface area contributed by atoms with Crippen molar-refractivity contribution >= 4 is 15.9 Å². The zero-order valence-electron chi connectivity index (χ0n) is 11.7. The number of hydrogen-bond donors (Lipinski definition) is 1. The molecular weight excluding hydrogens is 319 g/mol. The molecule has 0 aromatic heterocycles. The van der Waals surface area contributed by atoms with Crippen LogP contribution in [0.5, 0.6) is 0 Å². The highest BCUT2D eigenvalue weighted by Gasteiger charge is 2.32.